The van der Waals surface area contributed by atoms with Crippen LogP contribution in [-0.2, 0) is 6.54 Å². The van der Waals surface area contributed by atoms with Crippen LogP contribution >= 0.6 is 0 Å². The van der Waals surface area contributed by atoms with Crippen molar-refractivity contribution in [1.29, 1.82) is 5.41 Å². The third-order valence-electron chi connectivity index (χ3n) is 3.70. The number of benzene rings is 1. The first-order chi connectivity index (χ1) is 12.1. The first-order valence-electron chi connectivity index (χ1n) is 7.72. The lowest BCUT2D eigenvalue weighted by atomic mass is 10.0. The molecule has 3 aromatic rings. The number of rotatable bonds is 6. The van der Waals surface area contributed by atoms with Gasteiger partial charge in [0, 0.05) is 12.3 Å². The fraction of sp³-hybridized carbons (Fsp3) is 0.105. The maximum Gasteiger partial charge on any atom is 0.336 e. The molecular formula is C19H17N3O3. The van der Waals surface area contributed by atoms with E-state index in [1.54, 1.807) is 19.1 Å². The molecule has 126 valence electrons. The fourth-order valence-corrected chi connectivity index (χ4v) is 2.55. The number of nitrogens with one attached hydrogen (secondary N) is 2. The smallest absolute Gasteiger partial charge is 0.336 e. The van der Waals surface area contributed by atoms with Crippen LogP contribution < -0.4 is 5.32 Å². The molecule has 25 heavy (non-hydrogen) atoms. The Morgan fingerprint density at radius 3 is 2.60 bits per heavy atom. The molecular weight excluding hydrogens is 318 g/mol. The van der Waals surface area contributed by atoms with Crippen LogP contribution in [0.5, 0.6) is 0 Å². The van der Waals surface area contributed by atoms with Gasteiger partial charge in [-0.2, -0.15) is 0 Å². The molecule has 0 saturated heterocycles. The highest BCUT2D eigenvalue weighted by atomic mass is 16.4. The fourth-order valence-electron chi connectivity index (χ4n) is 2.55. The van der Waals surface area contributed by atoms with Crippen molar-refractivity contribution in [2.75, 3.05) is 5.32 Å². The number of carboxylic acids is 1. The Balaban J connectivity index is 2.06. The van der Waals surface area contributed by atoms with E-state index in [-0.39, 0.29) is 16.8 Å². The van der Waals surface area contributed by atoms with E-state index in [0.29, 0.717) is 23.8 Å². The minimum atomic E-state index is -1.11. The summed E-state index contributed by atoms with van der Waals surface area (Å²) in [6.07, 6.45) is 1.50. The second kappa shape index (κ2) is 7.00. The van der Waals surface area contributed by atoms with Crippen molar-refractivity contribution in [3.63, 3.8) is 0 Å². The first kappa shape index (κ1) is 16.4. The summed E-state index contributed by atoms with van der Waals surface area (Å²) in [5.41, 5.74) is 1.86. The van der Waals surface area contributed by atoms with Gasteiger partial charge in [0.25, 0.3) is 0 Å². The Hall–Kier alpha value is -3.41. The number of aromatic carboxylic acids is 1. The van der Waals surface area contributed by atoms with Crippen molar-refractivity contribution in [2.45, 2.75) is 13.5 Å². The third kappa shape index (κ3) is 3.58. The largest absolute Gasteiger partial charge is 0.478 e. The van der Waals surface area contributed by atoms with Crippen LogP contribution in [0.1, 0.15) is 28.4 Å². The number of furan rings is 1. The monoisotopic (exact) mass is 335 g/mol. The van der Waals surface area contributed by atoms with Crippen molar-refractivity contribution in [3.8, 4) is 11.5 Å². The van der Waals surface area contributed by atoms with Gasteiger partial charge in [-0.15, -0.1) is 0 Å². The molecule has 3 rings (SSSR count). The van der Waals surface area contributed by atoms with E-state index in [4.69, 9.17) is 9.83 Å². The molecule has 0 radical (unpaired) electrons. The quantitative estimate of drug-likeness (QED) is 0.590. The second-order valence-corrected chi connectivity index (χ2v) is 5.53. The topological polar surface area (TPSA) is 99.2 Å². The van der Waals surface area contributed by atoms with Gasteiger partial charge in [0.05, 0.1) is 17.4 Å². The van der Waals surface area contributed by atoms with Crippen LogP contribution in [0.15, 0.2) is 59.2 Å². The van der Waals surface area contributed by atoms with Crippen molar-refractivity contribution < 1.29 is 14.3 Å². The summed E-state index contributed by atoms with van der Waals surface area (Å²) in [6.45, 7) is 2.01. The lowest BCUT2D eigenvalue weighted by molar-refractivity contribution is 0.0696. The molecule has 0 aliphatic rings. The molecule has 2 heterocycles. The molecule has 0 aliphatic carbocycles. The Morgan fingerprint density at radius 2 is 2.00 bits per heavy atom. The van der Waals surface area contributed by atoms with Crippen LogP contribution in [0.25, 0.3) is 11.5 Å². The SMILES string of the molecule is CC(=N)c1c(C(=O)O)cc(-c2ccco2)nc1NCc1ccccc1. The zero-order valence-electron chi connectivity index (χ0n) is 13.6. The van der Waals surface area contributed by atoms with E-state index in [9.17, 15) is 9.90 Å². The summed E-state index contributed by atoms with van der Waals surface area (Å²) in [5, 5.41) is 20.7. The molecule has 0 aliphatic heterocycles. The van der Waals surface area contributed by atoms with E-state index in [1.807, 2.05) is 30.3 Å². The van der Waals surface area contributed by atoms with E-state index in [1.165, 1.54) is 12.3 Å². The second-order valence-electron chi connectivity index (χ2n) is 5.53. The Labute approximate surface area is 144 Å². The molecule has 0 bridgehead atoms. The molecule has 0 fully saturated rings. The molecule has 6 nitrogen and oxygen atoms in total. The zero-order valence-corrected chi connectivity index (χ0v) is 13.6. The summed E-state index contributed by atoms with van der Waals surface area (Å²) in [7, 11) is 0. The van der Waals surface area contributed by atoms with Crippen LogP contribution in [0.3, 0.4) is 0 Å². The molecule has 3 N–H and O–H groups in total. The Kier molecular flexibility index (Phi) is 4.61. The van der Waals surface area contributed by atoms with Gasteiger partial charge < -0.3 is 20.2 Å². The first-order valence-corrected chi connectivity index (χ1v) is 7.72. The molecule has 0 spiro atoms. The van der Waals surface area contributed by atoms with Crippen molar-refractivity contribution in [2.24, 2.45) is 0 Å². The van der Waals surface area contributed by atoms with Gasteiger partial charge in [-0.1, -0.05) is 30.3 Å². The van der Waals surface area contributed by atoms with Crippen LogP contribution in [0.4, 0.5) is 5.82 Å². The number of hydrogen-bond acceptors (Lipinski definition) is 5. The number of carbonyl (C=O) groups is 1. The summed E-state index contributed by atoms with van der Waals surface area (Å²) in [6, 6.07) is 14.6. The number of anilines is 1. The average molecular weight is 335 g/mol. The highest BCUT2D eigenvalue weighted by molar-refractivity contribution is 6.09. The highest BCUT2D eigenvalue weighted by Gasteiger charge is 2.20. The van der Waals surface area contributed by atoms with Crippen molar-refractivity contribution in [1.82, 2.24) is 4.98 Å². The normalized spacial score (nSPS) is 10.4. The summed E-state index contributed by atoms with van der Waals surface area (Å²) >= 11 is 0. The number of aromatic nitrogens is 1. The number of carboxylic acid groups (broad SMARTS) is 1. The standard InChI is InChI=1S/C19H17N3O3/c1-12(20)17-14(19(23)24)10-15(16-8-5-9-25-16)22-18(17)21-11-13-6-3-2-4-7-13/h2-10,20H,11H2,1H3,(H,21,22)(H,23,24). The van der Waals surface area contributed by atoms with Gasteiger partial charge in [-0.05, 0) is 30.7 Å². The number of nitrogens with zero attached hydrogens (tertiary/aromatic N) is 1. The van der Waals surface area contributed by atoms with E-state index in [0.717, 1.165) is 5.56 Å². The average Bonchev–Trinajstić information content (AvgIpc) is 3.14. The lowest BCUT2D eigenvalue weighted by Crippen LogP contribution is -2.14. The van der Waals surface area contributed by atoms with Gasteiger partial charge >= 0.3 is 5.97 Å². The minimum Gasteiger partial charge on any atom is -0.478 e. The predicted octanol–water partition coefficient (Wildman–Crippen LogP) is 4.04. The molecule has 0 saturated carbocycles. The predicted molar refractivity (Wildman–Crippen MR) is 95.2 cm³/mol. The van der Waals surface area contributed by atoms with Gasteiger partial charge in [-0.25, -0.2) is 9.78 Å². The Morgan fingerprint density at radius 1 is 1.24 bits per heavy atom. The molecule has 0 amide bonds. The maximum atomic E-state index is 11.7. The zero-order chi connectivity index (χ0) is 17.8. The maximum absolute atomic E-state index is 11.7. The third-order valence-corrected chi connectivity index (χ3v) is 3.70. The molecule has 1 aromatic carbocycles. The lowest BCUT2D eigenvalue weighted by Gasteiger charge is -2.14. The van der Waals surface area contributed by atoms with E-state index >= 15 is 0 Å². The van der Waals surface area contributed by atoms with Crippen molar-refractivity contribution >= 4 is 17.5 Å². The minimum absolute atomic E-state index is 0.0180. The summed E-state index contributed by atoms with van der Waals surface area (Å²) < 4.78 is 5.34. The number of pyridine rings is 1. The van der Waals surface area contributed by atoms with Crippen LogP contribution in [0, 0.1) is 5.41 Å². The van der Waals surface area contributed by atoms with E-state index < -0.39 is 5.97 Å². The van der Waals surface area contributed by atoms with Crippen LogP contribution in [0.2, 0.25) is 0 Å². The number of hydrogen-bond donors (Lipinski definition) is 3. The van der Waals surface area contributed by atoms with E-state index in [2.05, 4.69) is 10.3 Å². The molecule has 6 heteroatoms. The summed E-state index contributed by atoms with van der Waals surface area (Å²) in [5.74, 6) is -0.290. The van der Waals surface area contributed by atoms with Gasteiger partial charge in [-0.3, -0.25) is 0 Å². The van der Waals surface area contributed by atoms with Gasteiger partial charge in [0.1, 0.15) is 11.5 Å². The molecule has 0 unspecified atom stereocenters. The van der Waals surface area contributed by atoms with Crippen molar-refractivity contribution in [3.05, 3.63) is 71.5 Å². The molecule has 0 atom stereocenters. The highest BCUT2D eigenvalue weighted by Crippen LogP contribution is 2.27. The van der Waals surface area contributed by atoms with Gasteiger partial charge in [0.15, 0.2) is 5.76 Å². The van der Waals surface area contributed by atoms with Crippen LogP contribution in [-0.4, -0.2) is 21.8 Å². The summed E-state index contributed by atoms with van der Waals surface area (Å²) in [4.78, 5) is 16.2. The Bertz CT molecular complexity index is 903. The molecule has 2 aromatic heterocycles. The van der Waals surface area contributed by atoms with Gasteiger partial charge in [0.2, 0.25) is 0 Å².